The molecule has 0 atom stereocenters. The van der Waals surface area contributed by atoms with Gasteiger partial charge in [0.1, 0.15) is 5.69 Å². The molecule has 0 fully saturated rings. The van der Waals surface area contributed by atoms with Crippen LogP contribution in [0.1, 0.15) is 27.9 Å². The van der Waals surface area contributed by atoms with Gasteiger partial charge in [-0.15, -0.1) is 17.1 Å². The molecular formula is C29H26FN7O2S. The Kier molecular flexibility index (Phi) is 6.55. The number of amides is 1. The Bertz CT molecular complexity index is 1930. The molecule has 0 radical (unpaired) electrons. The van der Waals surface area contributed by atoms with Gasteiger partial charge in [0.25, 0.3) is 11.5 Å². The first-order valence-corrected chi connectivity index (χ1v) is 13.5. The fourth-order valence-electron chi connectivity index (χ4n) is 4.69. The van der Waals surface area contributed by atoms with Gasteiger partial charge in [0, 0.05) is 34.5 Å². The quantitative estimate of drug-likeness (QED) is 0.349. The molecule has 4 heterocycles. The minimum absolute atomic E-state index is 0.0547. The molecule has 0 bridgehead atoms. The van der Waals surface area contributed by atoms with Crippen LogP contribution in [0.25, 0.3) is 23.1 Å². The lowest BCUT2D eigenvalue weighted by Gasteiger charge is -2.22. The number of carbonyl (C=O) groups is 1. The van der Waals surface area contributed by atoms with Crippen molar-refractivity contribution < 1.29 is 9.18 Å². The molecule has 1 aliphatic heterocycles. The SMILES string of the molecule is CC1=CC=C=c2cc(C(=O)Nc3c(C)ccc(-c4cc(Nc5cc6n(n5)CCN(C)C6)c(=O)[nH]n4)c3F)sc2=C1. The second kappa shape index (κ2) is 10.2. The summed E-state index contributed by atoms with van der Waals surface area (Å²) in [4.78, 5) is 28.3. The summed E-state index contributed by atoms with van der Waals surface area (Å²) in [6, 6.07) is 8.40. The van der Waals surface area contributed by atoms with E-state index in [1.807, 2.05) is 42.9 Å². The lowest BCUT2D eigenvalue weighted by Crippen LogP contribution is -2.30. The van der Waals surface area contributed by atoms with Crippen molar-refractivity contribution in [2.75, 3.05) is 24.2 Å². The average molecular weight is 556 g/mol. The van der Waals surface area contributed by atoms with Crippen LogP contribution in [0, 0.1) is 12.7 Å². The van der Waals surface area contributed by atoms with Crippen LogP contribution in [0.2, 0.25) is 0 Å². The lowest BCUT2D eigenvalue weighted by molar-refractivity contribution is 0.103. The molecule has 0 unspecified atom stereocenters. The number of aryl methyl sites for hydroxylation is 1. The Morgan fingerprint density at radius 2 is 2.05 bits per heavy atom. The summed E-state index contributed by atoms with van der Waals surface area (Å²) < 4.78 is 18.7. The highest BCUT2D eigenvalue weighted by atomic mass is 32.1. The maximum Gasteiger partial charge on any atom is 0.287 e. The first-order chi connectivity index (χ1) is 19.2. The van der Waals surface area contributed by atoms with Gasteiger partial charge in [0.2, 0.25) is 0 Å². The molecule has 40 heavy (non-hydrogen) atoms. The largest absolute Gasteiger partial charge is 0.334 e. The van der Waals surface area contributed by atoms with Crippen LogP contribution in [-0.4, -0.2) is 44.4 Å². The van der Waals surface area contributed by atoms with Gasteiger partial charge >= 0.3 is 0 Å². The van der Waals surface area contributed by atoms with E-state index in [-0.39, 0.29) is 22.6 Å². The van der Waals surface area contributed by atoms with Gasteiger partial charge in [-0.25, -0.2) is 9.49 Å². The molecule has 9 nitrogen and oxygen atoms in total. The predicted molar refractivity (Wildman–Crippen MR) is 155 cm³/mol. The van der Waals surface area contributed by atoms with E-state index in [1.165, 1.54) is 17.4 Å². The Hall–Kier alpha value is -4.57. The number of H-pyrrole nitrogens is 1. The van der Waals surface area contributed by atoms with Crippen molar-refractivity contribution in [1.29, 1.82) is 0 Å². The van der Waals surface area contributed by atoms with E-state index in [2.05, 4.69) is 36.6 Å². The molecule has 1 aliphatic carbocycles. The summed E-state index contributed by atoms with van der Waals surface area (Å²) in [5.41, 5.74) is 5.93. The summed E-state index contributed by atoms with van der Waals surface area (Å²) in [5.74, 6) is -0.538. The van der Waals surface area contributed by atoms with Crippen LogP contribution in [-0.2, 0) is 13.1 Å². The summed E-state index contributed by atoms with van der Waals surface area (Å²) in [5, 5.41) is 17.6. The van der Waals surface area contributed by atoms with Gasteiger partial charge in [0.05, 0.1) is 28.5 Å². The van der Waals surface area contributed by atoms with Crippen LogP contribution in [0.5, 0.6) is 0 Å². The molecule has 0 saturated heterocycles. The molecule has 202 valence electrons. The van der Waals surface area contributed by atoms with E-state index in [0.29, 0.717) is 16.3 Å². The first-order valence-electron chi connectivity index (χ1n) is 12.7. The summed E-state index contributed by atoms with van der Waals surface area (Å²) >= 11 is 1.32. The van der Waals surface area contributed by atoms with Crippen molar-refractivity contribution in [3.8, 4) is 11.3 Å². The van der Waals surface area contributed by atoms with Crippen molar-refractivity contribution in [2.24, 2.45) is 0 Å². The van der Waals surface area contributed by atoms with E-state index in [4.69, 9.17) is 0 Å². The fraction of sp³-hybridized carbons (Fsp3) is 0.207. The van der Waals surface area contributed by atoms with Crippen molar-refractivity contribution in [1.82, 2.24) is 24.9 Å². The zero-order valence-corrected chi connectivity index (χ0v) is 22.9. The topological polar surface area (TPSA) is 108 Å². The van der Waals surface area contributed by atoms with E-state index < -0.39 is 17.3 Å². The highest BCUT2D eigenvalue weighted by Gasteiger charge is 2.20. The Morgan fingerprint density at radius 1 is 1.20 bits per heavy atom. The van der Waals surface area contributed by atoms with Gasteiger partial charge in [-0.1, -0.05) is 12.1 Å². The van der Waals surface area contributed by atoms with Gasteiger partial charge in [-0.3, -0.25) is 19.2 Å². The second-order valence-corrected chi connectivity index (χ2v) is 11.0. The molecule has 1 aromatic carbocycles. The normalized spacial score (nSPS) is 14.3. The zero-order chi connectivity index (χ0) is 28.0. The lowest BCUT2D eigenvalue weighted by atomic mass is 10.1. The predicted octanol–water partition coefficient (Wildman–Crippen LogP) is 3.26. The number of nitrogens with one attached hydrogen (secondary N) is 3. The third-order valence-electron chi connectivity index (χ3n) is 6.85. The highest BCUT2D eigenvalue weighted by molar-refractivity contribution is 7.12. The third kappa shape index (κ3) is 4.93. The summed E-state index contributed by atoms with van der Waals surface area (Å²) in [6.45, 7) is 6.10. The van der Waals surface area contributed by atoms with Gasteiger partial charge < -0.3 is 10.6 Å². The van der Waals surface area contributed by atoms with Crippen LogP contribution >= 0.6 is 11.3 Å². The Balaban J connectivity index is 1.29. The second-order valence-electron chi connectivity index (χ2n) is 9.93. The van der Waals surface area contributed by atoms with Gasteiger partial charge in [-0.2, -0.15) is 10.2 Å². The molecule has 0 spiro atoms. The number of likely N-dealkylation sites (N-methyl/N-ethyl adjacent to an activating group) is 1. The number of halogens is 1. The van der Waals surface area contributed by atoms with Crippen LogP contribution in [0.3, 0.4) is 0 Å². The van der Waals surface area contributed by atoms with E-state index >= 15 is 4.39 Å². The van der Waals surface area contributed by atoms with Crippen molar-refractivity contribution in [3.63, 3.8) is 0 Å². The molecule has 6 rings (SSSR count). The number of thiophene rings is 1. The Labute approximate surface area is 232 Å². The summed E-state index contributed by atoms with van der Waals surface area (Å²) in [6.07, 6.45) is 5.76. The fourth-order valence-corrected chi connectivity index (χ4v) is 5.72. The van der Waals surface area contributed by atoms with Crippen molar-refractivity contribution in [3.05, 3.63) is 90.1 Å². The number of benzene rings is 1. The highest BCUT2D eigenvalue weighted by Crippen LogP contribution is 2.30. The molecule has 3 N–H and O–H groups in total. The smallest absolute Gasteiger partial charge is 0.287 e. The molecule has 2 aliphatic rings. The van der Waals surface area contributed by atoms with E-state index in [1.54, 1.807) is 25.1 Å². The first kappa shape index (κ1) is 25.7. The molecular weight excluding hydrogens is 529 g/mol. The molecule has 11 heteroatoms. The van der Waals surface area contributed by atoms with Crippen molar-refractivity contribution >= 4 is 46.2 Å². The molecule has 0 saturated carbocycles. The number of aromatic amines is 1. The van der Waals surface area contributed by atoms with E-state index in [0.717, 1.165) is 40.7 Å². The van der Waals surface area contributed by atoms with Crippen LogP contribution in [0.4, 0.5) is 21.6 Å². The monoisotopic (exact) mass is 555 g/mol. The number of carbonyl (C=O) groups excluding carboxylic acids is 1. The van der Waals surface area contributed by atoms with Gasteiger partial charge in [-0.05, 0) is 62.4 Å². The number of anilines is 3. The minimum atomic E-state index is -0.644. The third-order valence-corrected chi connectivity index (χ3v) is 7.93. The molecule has 1 amide bonds. The molecule has 3 aromatic heterocycles. The average Bonchev–Trinajstić information content (AvgIpc) is 3.46. The maximum absolute atomic E-state index is 15.9. The number of allylic oxidation sites excluding steroid dienone is 3. The number of rotatable bonds is 5. The number of fused-ring (bicyclic) bond motifs is 2. The number of hydrogen-bond acceptors (Lipinski definition) is 7. The van der Waals surface area contributed by atoms with Gasteiger partial charge in [0.15, 0.2) is 11.6 Å². The van der Waals surface area contributed by atoms with E-state index in [9.17, 15) is 9.59 Å². The number of nitrogens with zero attached hydrogens (tertiary/aromatic N) is 4. The van der Waals surface area contributed by atoms with Crippen LogP contribution < -0.4 is 25.9 Å². The standard InChI is InChI=1S/C29H26FN7O2S/c1-16-5-4-6-18-12-24(40-23(18)11-16)29(39)32-27-17(2)7-8-20(26(27)30)21-14-22(28(38)34-33-21)31-25-13-19-15-36(3)9-10-37(19)35-25/h4-5,7-8,11-14H,9-10,15H2,1-3H3,(H,32,39)(H,34,38)(H,31,33,35). The zero-order valence-electron chi connectivity index (χ0n) is 22.1. The van der Waals surface area contributed by atoms with Crippen LogP contribution in [0.15, 0.2) is 52.9 Å². The number of hydrogen-bond donors (Lipinski definition) is 3. The van der Waals surface area contributed by atoms with Crippen molar-refractivity contribution in [2.45, 2.75) is 26.9 Å². The number of aromatic nitrogens is 4. The minimum Gasteiger partial charge on any atom is -0.334 e. The maximum atomic E-state index is 15.9. The Morgan fingerprint density at radius 3 is 2.90 bits per heavy atom. The summed E-state index contributed by atoms with van der Waals surface area (Å²) in [7, 11) is 2.04. The molecule has 4 aromatic rings.